The lowest BCUT2D eigenvalue weighted by Crippen LogP contribution is -2.44. The van der Waals surface area contributed by atoms with Crippen LogP contribution in [0.5, 0.6) is 0 Å². The minimum absolute atomic E-state index is 0.134. The van der Waals surface area contributed by atoms with Crippen LogP contribution in [0.15, 0.2) is 146 Å². The van der Waals surface area contributed by atoms with E-state index in [1.54, 1.807) is 0 Å². The van der Waals surface area contributed by atoms with Gasteiger partial charge in [-0.3, -0.25) is 9.59 Å². The molecule has 0 aliphatic heterocycles. The first-order valence-electron chi connectivity index (χ1n) is 31.0. The number of allylic oxidation sites excluding steroid dienone is 24. The molecule has 0 aromatic heterocycles. The van der Waals surface area contributed by atoms with Crippen molar-refractivity contribution in [1.82, 2.24) is 0 Å². The Balaban J connectivity index is 4.32. The molecule has 0 saturated carbocycles. The highest BCUT2D eigenvalue weighted by Crippen LogP contribution is 2.15. The number of nitrogens with zero attached hydrogens (tertiary/aromatic N) is 1. The number of hydrogen-bond acceptors (Lipinski definition) is 8. The standard InChI is InChI=1S/C70H113NO8/c1-6-8-10-12-14-16-18-20-22-24-26-28-30-32-33-34-35-37-39-41-43-45-47-49-51-53-55-57-59-61-68(73)79-66(65-78-70(69(74)75)76-63-62-71(3,4)5)64-77-67(72)60-58-56-54-52-50-48-46-44-42-40-38-36-31-29-27-25-23-21-19-17-15-13-11-9-7-2/h8-11,14-17,20-23,26-29,32-33,35,37,41,43,47,49,66,70H,6-7,12-13,18-19,24-25,30-31,34,36,38-40,42,44-46,48,50-65H2,1-5H3/b10-8-,11-9-,16-14-,17-15-,22-20-,23-21-,28-26-,29-27-,33-32-,37-35-,43-41-,49-47-. The minimum Gasteiger partial charge on any atom is -0.545 e. The van der Waals surface area contributed by atoms with Crippen molar-refractivity contribution >= 4 is 17.9 Å². The van der Waals surface area contributed by atoms with E-state index in [9.17, 15) is 19.5 Å². The van der Waals surface area contributed by atoms with Crippen LogP contribution in [-0.2, 0) is 33.3 Å². The molecule has 0 aromatic rings. The normalized spacial score (nSPS) is 13.8. The number of likely N-dealkylation sites (N-methyl/N-ethyl adjacent to an activating group) is 1. The lowest BCUT2D eigenvalue weighted by atomic mass is 10.0. The van der Waals surface area contributed by atoms with E-state index in [-0.39, 0.29) is 38.6 Å². The van der Waals surface area contributed by atoms with Crippen LogP contribution in [0.1, 0.15) is 219 Å². The number of hydrogen-bond donors (Lipinski definition) is 0. The van der Waals surface area contributed by atoms with E-state index in [1.165, 1.54) is 57.8 Å². The number of rotatable bonds is 55. The maximum Gasteiger partial charge on any atom is 0.306 e. The fraction of sp³-hybridized carbons (Fsp3) is 0.614. The van der Waals surface area contributed by atoms with E-state index >= 15 is 0 Å². The van der Waals surface area contributed by atoms with Crippen molar-refractivity contribution in [2.75, 3.05) is 47.5 Å². The van der Waals surface area contributed by atoms with Crippen molar-refractivity contribution in [3.05, 3.63) is 146 Å². The van der Waals surface area contributed by atoms with Gasteiger partial charge in [-0.05, 0) is 116 Å². The summed E-state index contributed by atoms with van der Waals surface area (Å²) in [5, 5.41) is 11.8. The molecule has 0 N–H and O–H groups in total. The second kappa shape index (κ2) is 59.3. The number of carbonyl (C=O) groups is 3. The maximum absolute atomic E-state index is 12.9. The van der Waals surface area contributed by atoms with Crippen LogP contribution in [0.4, 0.5) is 0 Å². The third-order valence-corrected chi connectivity index (χ3v) is 12.6. The second-order valence-electron chi connectivity index (χ2n) is 21.2. The summed E-state index contributed by atoms with van der Waals surface area (Å²) < 4.78 is 22.7. The quantitative estimate of drug-likeness (QED) is 0.0195. The molecular weight excluding hydrogens is 983 g/mol. The average molecular weight is 1100 g/mol. The molecule has 0 heterocycles. The van der Waals surface area contributed by atoms with Crippen molar-refractivity contribution < 1.29 is 42.9 Å². The number of aliphatic carboxylic acids is 1. The number of esters is 2. The topological polar surface area (TPSA) is 111 Å². The van der Waals surface area contributed by atoms with Gasteiger partial charge in [0.2, 0.25) is 0 Å². The number of carbonyl (C=O) groups excluding carboxylic acids is 3. The molecule has 0 saturated heterocycles. The predicted octanol–water partition coefficient (Wildman–Crippen LogP) is 17.5. The smallest absolute Gasteiger partial charge is 0.306 e. The Morgan fingerprint density at radius 3 is 1.01 bits per heavy atom. The van der Waals surface area contributed by atoms with Gasteiger partial charge in [-0.15, -0.1) is 0 Å². The average Bonchev–Trinajstić information content (AvgIpc) is 3.42. The lowest BCUT2D eigenvalue weighted by molar-refractivity contribution is -0.870. The minimum atomic E-state index is -1.64. The summed E-state index contributed by atoms with van der Waals surface area (Å²) in [6.45, 7) is 4.47. The number of quaternary nitrogens is 1. The van der Waals surface area contributed by atoms with Crippen LogP contribution in [0, 0.1) is 0 Å². The van der Waals surface area contributed by atoms with Gasteiger partial charge >= 0.3 is 11.9 Å². The van der Waals surface area contributed by atoms with Crippen LogP contribution in [0.3, 0.4) is 0 Å². The van der Waals surface area contributed by atoms with Crippen LogP contribution >= 0.6 is 0 Å². The monoisotopic (exact) mass is 1100 g/mol. The Morgan fingerprint density at radius 1 is 0.380 bits per heavy atom. The van der Waals surface area contributed by atoms with Gasteiger partial charge in [-0.2, -0.15) is 0 Å². The summed E-state index contributed by atoms with van der Waals surface area (Å²) in [4.78, 5) is 37.4. The molecular formula is C70H113NO8. The van der Waals surface area contributed by atoms with Gasteiger partial charge in [-0.1, -0.05) is 237 Å². The van der Waals surface area contributed by atoms with Crippen LogP contribution in [-0.4, -0.2) is 82.3 Å². The van der Waals surface area contributed by atoms with Crippen LogP contribution in [0.25, 0.3) is 0 Å². The fourth-order valence-electron chi connectivity index (χ4n) is 7.90. The molecule has 0 rings (SSSR count). The highest BCUT2D eigenvalue weighted by atomic mass is 16.7. The van der Waals surface area contributed by atoms with E-state index in [4.69, 9.17) is 18.9 Å². The second-order valence-corrected chi connectivity index (χ2v) is 21.2. The molecule has 0 aliphatic carbocycles. The Bertz CT molecular complexity index is 1800. The third-order valence-electron chi connectivity index (χ3n) is 12.6. The lowest BCUT2D eigenvalue weighted by Gasteiger charge is -2.26. The highest BCUT2D eigenvalue weighted by molar-refractivity contribution is 5.70. The molecule has 9 heteroatoms. The van der Waals surface area contributed by atoms with Crippen LogP contribution < -0.4 is 5.11 Å². The zero-order valence-corrected chi connectivity index (χ0v) is 50.7. The molecule has 0 aromatic carbocycles. The first-order valence-corrected chi connectivity index (χ1v) is 31.0. The summed E-state index contributed by atoms with van der Waals surface area (Å²) in [5.74, 6) is -2.34. The third kappa shape index (κ3) is 60.7. The van der Waals surface area contributed by atoms with Gasteiger partial charge in [0, 0.05) is 12.8 Å². The maximum atomic E-state index is 12.9. The summed E-state index contributed by atoms with van der Waals surface area (Å²) in [7, 11) is 5.90. The first kappa shape index (κ1) is 74.2. The SMILES string of the molecule is CC/C=C\C/C=C\C/C=C\C/C=C\C/C=C\C/C=C\C/C=C\C/C=C\CCCCCCC(=O)OC(COC(=O)CCCCCCCCCCCCCC/C=C\C/C=C\C/C=C\C/C=C\CC)COC(OCC[N+](C)(C)C)C(=O)[O-]. The number of carboxylic acid groups (broad SMARTS) is 1. The molecule has 0 radical (unpaired) electrons. The molecule has 79 heavy (non-hydrogen) atoms. The molecule has 0 spiro atoms. The molecule has 2 unspecified atom stereocenters. The van der Waals surface area contributed by atoms with Gasteiger partial charge < -0.3 is 33.3 Å². The summed E-state index contributed by atoms with van der Waals surface area (Å²) in [6, 6.07) is 0. The molecule has 0 aliphatic rings. The Labute approximate surface area is 483 Å². The van der Waals surface area contributed by atoms with Crippen LogP contribution in [0.2, 0.25) is 0 Å². The highest BCUT2D eigenvalue weighted by Gasteiger charge is 2.22. The largest absolute Gasteiger partial charge is 0.545 e. The Hall–Kier alpha value is -4.83. The zero-order chi connectivity index (χ0) is 57.6. The van der Waals surface area contributed by atoms with Crippen molar-refractivity contribution in [3.8, 4) is 0 Å². The summed E-state index contributed by atoms with van der Waals surface area (Å²) in [5.41, 5.74) is 0. The number of ether oxygens (including phenoxy) is 4. The molecule has 9 nitrogen and oxygen atoms in total. The molecule has 2 atom stereocenters. The van der Waals surface area contributed by atoms with E-state index in [1.807, 2.05) is 21.1 Å². The molecule has 0 fully saturated rings. The molecule has 0 amide bonds. The molecule has 446 valence electrons. The molecule has 0 bridgehead atoms. The summed E-state index contributed by atoms with van der Waals surface area (Å²) >= 11 is 0. The fourth-order valence-corrected chi connectivity index (χ4v) is 7.90. The number of carboxylic acids is 1. The van der Waals surface area contributed by atoms with E-state index < -0.39 is 24.3 Å². The van der Waals surface area contributed by atoms with Gasteiger partial charge in [0.15, 0.2) is 12.4 Å². The van der Waals surface area contributed by atoms with Gasteiger partial charge in [0.1, 0.15) is 13.2 Å². The Morgan fingerprint density at radius 2 is 0.684 bits per heavy atom. The number of unbranched alkanes of at least 4 members (excludes halogenated alkanes) is 16. The predicted molar refractivity (Wildman–Crippen MR) is 333 cm³/mol. The van der Waals surface area contributed by atoms with Crippen molar-refractivity contribution in [1.29, 1.82) is 0 Å². The van der Waals surface area contributed by atoms with Crippen molar-refractivity contribution in [2.45, 2.75) is 232 Å². The zero-order valence-electron chi connectivity index (χ0n) is 50.7. The first-order chi connectivity index (χ1) is 38.6. The Kier molecular flexibility index (Phi) is 55.7. The van der Waals surface area contributed by atoms with Gasteiger partial charge in [-0.25, -0.2) is 0 Å². The van der Waals surface area contributed by atoms with E-state index in [0.29, 0.717) is 17.4 Å². The van der Waals surface area contributed by atoms with Gasteiger partial charge in [0.05, 0.1) is 40.3 Å². The van der Waals surface area contributed by atoms with E-state index in [0.717, 1.165) is 128 Å². The van der Waals surface area contributed by atoms with E-state index in [2.05, 4.69) is 160 Å². The van der Waals surface area contributed by atoms with Gasteiger partial charge in [0.25, 0.3) is 0 Å². The van der Waals surface area contributed by atoms with Crippen molar-refractivity contribution in [3.63, 3.8) is 0 Å². The van der Waals surface area contributed by atoms with Crippen molar-refractivity contribution in [2.24, 2.45) is 0 Å². The summed E-state index contributed by atoms with van der Waals surface area (Å²) in [6.07, 6.45) is 83.2.